The predicted molar refractivity (Wildman–Crippen MR) is 42.1 cm³/mol. The third-order valence-electron chi connectivity index (χ3n) is 2.22. The molecular formula is C8H17NO. The molecular weight excluding hydrogens is 126 g/mol. The molecule has 2 heteroatoms. The lowest BCUT2D eigenvalue weighted by atomic mass is 10.1. The monoisotopic (exact) mass is 143 g/mol. The van der Waals surface area contributed by atoms with Crippen molar-refractivity contribution < 1.29 is 4.74 Å². The van der Waals surface area contributed by atoms with Crippen LogP contribution in [0.4, 0.5) is 0 Å². The molecule has 0 aliphatic carbocycles. The zero-order chi connectivity index (χ0) is 7.40. The number of rotatable bonds is 3. The molecule has 10 heavy (non-hydrogen) atoms. The first-order valence-electron chi connectivity index (χ1n) is 4.00. The van der Waals surface area contributed by atoms with Crippen LogP contribution in [0.1, 0.15) is 12.8 Å². The largest absolute Gasteiger partial charge is 0.385 e. The molecule has 0 amide bonds. The Balaban J connectivity index is 2.06. The Morgan fingerprint density at radius 3 is 2.90 bits per heavy atom. The average Bonchev–Trinajstić information content (AvgIpc) is 2.31. The summed E-state index contributed by atoms with van der Waals surface area (Å²) in [5, 5.41) is 0. The van der Waals surface area contributed by atoms with Gasteiger partial charge in [0, 0.05) is 20.3 Å². The molecule has 0 unspecified atom stereocenters. The quantitative estimate of drug-likeness (QED) is 0.584. The normalized spacial score (nSPS) is 27.6. The van der Waals surface area contributed by atoms with Crippen molar-refractivity contribution in [3.05, 3.63) is 0 Å². The van der Waals surface area contributed by atoms with E-state index in [0.717, 1.165) is 12.5 Å². The third kappa shape index (κ3) is 2.27. The molecule has 0 radical (unpaired) electrons. The average molecular weight is 143 g/mol. The summed E-state index contributed by atoms with van der Waals surface area (Å²) in [6, 6.07) is 0. The summed E-state index contributed by atoms with van der Waals surface area (Å²) >= 11 is 0. The highest BCUT2D eigenvalue weighted by atomic mass is 16.5. The second-order valence-electron chi connectivity index (χ2n) is 3.20. The standard InChI is InChI=1S/C8H17NO/c1-9-5-3-8(7-9)4-6-10-2/h8H,3-7H2,1-2H3/t8-/m0/s1. The lowest BCUT2D eigenvalue weighted by Crippen LogP contribution is -2.14. The van der Waals surface area contributed by atoms with Crippen LogP contribution in [-0.2, 0) is 4.74 Å². The molecule has 0 N–H and O–H groups in total. The lowest BCUT2D eigenvalue weighted by Gasteiger charge is -2.08. The Morgan fingerprint density at radius 2 is 2.40 bits per heavy atom. The van der Waals surface area contributed by atoms with E-state index in [4.69, 9.17) is 4.74 Å². The Kier molecular flexibility index (Phi) is 3.16. The van der Waals surface area contributed by atoms with Gasteiger partial charge in [0.15, 0.2) is 0 Å². The van der Waals surface area contributed by atoms with Gasteiger partial charge in [0.25, 0.3) is 0 Å². The number of nitrogens with zero attached hydrogens (tertiary/aromatic N) is 1. The van der Waals surface area contributed by atoms with Crippen molar-refractivity contribution in [1.82, 2.24) is 4.90 Å². The summed E-state index contributed by atoms with van der Waals surface area (Å²) in [6.07, 6.45) is 2.60. The first-order valence-corrected chi connectivity index (χ1v) is 4.00. The van der Waals surface area contributed by atoms with Crippen molar-refractivity contribution in [2.24, 2.45) is 5.92 Å². The molecule has 2 nitrogen and oxygen atoms in total. The van der Waals surface area contributed by atoms with Crippen LogP contribution in [0.25, 0.3) is 0 Å². The minimum absolute atomic E-state index is 0.893. The maximum absolute atomic E-state index is 5.02. The molecule has 1 rings (SSSR count). The van der Waals surface area contributed by atoms with Gasteiger partial charge >= 0.3 is 0 Å². The van der Waals surface area contributed by atoms with Gasteiger partial charge in [-0.05, 0) is 32.4 Å². The van der Waals surface area contributed by atoms with E-state index in [1.165, 1.54) is 25.9 Å². The summed E-state index contributed by atoms with van der Waals surface area (Å²) in [4.78, 5) is 2.39. The van der Waals surface area contributed by atoms with Gasteiger partial charge in [-0.3, -0.25) is 0 Å². The van der Waals surface area contributed by atoms with Crippen molar-refractivity contribution in [3.8, 4) is 0 Å². The fourth-order valence-electron chi connectivity index (χ4n) is 1.55. The van der Waals surface area contributed by atoms with Gasteiger partial charge in [0.2, 0.25) is 0 Å². The van der Waals surface area contributed by atoms with Crippen LogP contribution < -0.4 is 0 Å². The van der Waals surface area contributed by atoms with E-state index in [-0.39, 0.29) is 0 Å². The minimum atomic E-state index is 0.893. The zero-order valence-corrected chi connectivity index (χ0v) is 6.97. The summed E-state index contributed by atoms with van der Waals surface area (Å²) in [5.74, 6) is 0.893. The predicted octanol–water partition coefficient (Wildman–Crippen LogP) is 0.975. The minimum Gasteiger partial charge on any atom is -0.385 e. The van der Waals surface area contributed by atoms with Crippen LogP contribution in [0.5, 0.6) is 0 Å². The first-order chi connectivity index (χ1) is 4.83. The number of methoxy groups -OCH3 is 1. The van der Waals surface area contributed by atoms with E-state index in [9.17, 15) is 0 Å². The van der Waals surface area contributed by atoms with E-state index < -0.39 is 0 Å². The molecule has 1 aliphatic rings. The zero-order valence-electron chi connectivity index (χ0n) is 6.97. The van der Waals surface area contributed by atoms with Crippen LogP contribution in [0.15, 0.2) is 0 Å². The highest BCUT2D eigenvalue weighted by Crippen LogP contribution is 2.17. The molecule has 0 saturated carbocycles. The van der Waals surface area contributed by atoms with Crippen molar-refractivity contribution in [2.45, 2.75) is 12.8 Å². The molecule has 0 spiro atoms. The highest BCUT2D eigenvalue weighted by Gasteiger charge is 2.18. The Hall–Kier alpha value is -0.0800. The highest BCUT2D eigenvalue weighted by molar-refractivity contribution is 4.72. The van der Waals surface area contributed by atoms with Crippen LogP contribution >= 0.6 is 0 Å². The second kappa shape index (κ2) is 3.94. The van der Waals surface area contributed by atoms with Crippen molar-refractivity contribution >= 4 is 0 Å². The maximum Gasteiger partial charge on any atom is 0.0465 e. The SMILES string of the molecule is COCC[C@@H]1CCN(C)C1. The molecule has 0 bridgehead atoms. The van der Waals surface area contributed by atoms with Gasteiger partial charge in [0.05, 0.1) is 0 Å². The molecule has 1 heterocycles. The summed E-state index contributed by atoms with van der Waals surface area (Å²) in [5.41, 5.74) is 0. The smallest absolute Gasteiger partial charge is 0.0465 e. The van der Waals surface area contributed by atoms with E-state index in [0.29, 0.717) is 0 Å². The van der Waals surface area contributed by atoms with Crippen LogP contribution in [0.3, 0.4) is 0 Å². The molecule has 0 aromatic heterocycles. The number of likely N-dealkylation sites (tertiary alicyclic amines) is 1. The topological polar surface area (TPSA) is 12.5 Å². The molecule has 0 aromatic rings. The van der Waals surface area contributed by atoms with Crippen molar-refractivity contribution in [3.63, 3.8) is 0 Å². The molecule has 1 fully saturated rings. The fraction of sp³-hybridized carbons (Fsp3) is 1.00. The Bertz CT molecular complexity index is 95.3. The van der Waals surface area contributed by atoms with E-state index in [1.54, 1.807) is 7.11 Å². The van der Waals surface area contributed by atoms with Crippen molar-refractivity contribution in [2.75, 3.05) is 33.9 Å². The first kappa shape index (κ1) is 8.02. The number of hydrogen-bond acceptors (Lipinski definition) is 2. The molecule has 1 aliphatic heterocycles. The van der Waals surface area contributed by atoms with Gasteiger partial charge in [-0.1, -0.05) is 0 Å². The number of hydrogen-bond donors (Lipinski definition) is 0. The van der Waals surface area contributed by atoms with E-state index >= 15 is 0 Å². The van der Waals surface area contributed by atoms with E-state index in [2.05, 4.69) is 11.9 Å². The molecule has 1 saturated heterocycles. The molecule has 60 valence electrons. The maximum atomic E-state index is 5.02. The number of ether oxygens (including phenoxy) is 1. The van der Waals surface area contributed by atoms with Crippen molar-refractivity contribution in [1.29, 1.82) is 0 Å². The van der Waals surface area contributed by atoms with Gasteiger partial charge in [-0.2, -0.15) is 0 Å². The van der Waals surface area contributed by atoms with E-state index in [1.807, 2.05) is 0 Å². The molecule has 1 atom stereocenters. The van der Waals surface area contributed by atoms with Crippen LogP contribution in [0, 0.1) is 5.92 Å². The van der Waals surface area contributed by atoms with Gasteiger partial charge in [-0.15, -0.1) is 0 Å². The summed E-state index contributed by atoms with van der Waals surface area (Å²) < 4.78 is 5.02. The van der Waals surface area contributed by atoms with Crippen LogP contribution in [0.2, 0.25) is 0 Å². The third-order valence-corrected chi connectivity index (χ3v) is 2.22. The summed E-state index contributed by atoms with van der Waals surface area (Å²) in [7, 11) is 3.96. The Labute approximate surface area is 63.2 Å². The second-order valence-corrected chi connectivity index (χ2v) is 3.20. The van der Waals surface area contributed by atoms with Gasteiger partial charge < -0.3 is 9.64 Å². The fourth-order valence-corrected chi connectivity index (χ4v) is 1.55. The van der Waals surface area contributed by atoms with Gasteiger partial charge in [0.1, 0.15) is 0 Å². The van der Waals surface area contributed by atoms with Gasteiger partial charge in [-0.25, -0.2) is 0 Å². The van der Waals surface area contributed by atoms with Crippen LogP contribution in [-0.4, -0.2) is 38.8 Å². The lowest BCUT2D eigenvalue weighted by molar-refractivity contribution is 0.178. The Morgan fingerprint density at radius 1 is 1.60 bits per heavy atom. The summed E-state index contributed by atoms with van der Waals surface area (Å²) in [6.45, 7) is 3.47. The molecule has 0 aromatic carbocycles.